The Kier molecular flexibility index (Phi) is 6.92. The molecular formula is C26H31N3O2S. The van der Waals surface area contributed by atoms with Gasteiger partial charge in [0.25, 0.3) is 5.56 Å². The monoisotopic (exact) mass is 449 g/mol. The molecule has 1 aromatic heterocycles. The van der Waals surface area contributed by atoms with Crippen LogP contribution in [-0.2, 0) is 11.3 Å². The van der Waals surface area contributed by atoms with Crippen LogP contribution in [0.4, 0.5) is 0 Å². The first kappa shape index (κ1) is 22.5. The third-order valence-electron chi connectivity index (χ3n) is 6.11. The van der Waals surface area contributed by atoms with Crippen LogP contribution in [0.1, 0.15) is 48.1 Å². The number of thiocarbonyl (C=S) groups is 1. The van der Waals surface area contributed by atoms with Crippen LogP contribution in [0, 0.1) is 13.8 Å². The fraction of sp³-hybridized carbons (Fsp3) is 0.385. The number of ether oxygens (including phenoxy) is 1. The molecule has 0 unspecified atom stereocenters. The third-order valence-corrected chi connectivity index (χ3v) is 6.48. The van der Waals surface area contributed by atoms with Crippen molar-refractivity contribution in [2.75, 3.05) is 13.2 Å². The van der Waals surface area contributed by atoms with Crippen molar-refractivity contribution in [3.63, 3.8) is 0 Å². The summed E-state index contributed by atoms with van der Waals surface area (Å²) in [4.78, 5) is 18.1. The number of hydrogen-bond acceptors (Lipinski definition) is 3. The van der Waals surface area contributed by atoms with Crippen molar-refractivity contribution in [1.82, 2.24) is 15.2 Å². The first-order valence-corrected chi connectivity index (χ1v) is 11.7. The zero-order chi connectivity index (χ0) is 22.7. The number of fused-ring (bicyclic) bond motifs is 1. The van der Waals surface area contributed by atoms with Gasteiger partial charge in [-0.05, 0) is 74.5 Å². The maximum absolute atomic E-state index is 12.9. The first-order valence-electron chi connectivity index (χ1n) is 11.3. The normalized spacial score (nSPS) is 16.8. The zero-order valence-electron chi connectivity index (χ0n) is 19.0. The molecule has 0 spiro atoms. The topological polar surface area (TPSA) is 57.4 Å². The number of aromatic amines is 1. The average Bonchev–Trinajstić information content (AvgIpc) is 3.28. The number of nitrogens with one attached hydrogen (secondary N) is 2. The van der Waals surface area contributed by atoms with E-state index in [-0.39, 0.29) is 17.7 Å². The van der Waals surface area contributed by atoms with Crippen LogP contribution in [0.2, 0.25) is 0 Å². The van der Waals surface area contributed by atoms with Gasteiger partial charge in [0, 0.05) is 18.7 Å². The molecule has 0 aliphatic carbocycles. The van der Waals surface area contributed by atoms with Crippen LogP contribution in [0.15, 0.2) is 53.3 Å². The molecule has 0 saturated carbocycles. The third kappa shape index (κ3) is 5.19. The van der Waals surface area contributed by atoms with Gasteiger partial charge in [-0.3, -0.25) is 4.79 Å². The molecular weight excluding hydrogens is 418 g/mol. The summed E-state index contributed by atoms with van der Waals surface area (Å²) in [7, 11) is 0. The molecule has 2 aromatic carbocycles. The minimum Gasteiger partial charge on any atom is -0.376 e. The number of nitrogens with zero attached hydrogens (tertiary/aromatic N) is 1. The number of pyridine rings is 1. The second-order valence-electron chi connectivity index (χ2n) is 8.77. The highest BCUT2D eigenvalue weighted by molar-refractivity contribution is 7.80. The molecule has 2 N–H and O–H groups in total. The molecule has 32 heavy (non-hydrogen) atoms. The summed E-state index contributed by atoms with van der Waals surface area (Å²) in [6.07, 6.45) is 2.21. The molecule has 4 rings (SSSR count). The van der Waals surface area contributed by atoms with Crippen molar-refractivity contribution in [1.29, 1.82) is 0 Å². The maximum atomic E-state index is 12.9. The Morgan fingerprint density at radius 2 is 2.03 bits per heavy atom. The van der Waals surface area contributed by atoms with Crippen LogP contribution in [0.25, 0.3) is 10.9 Å². The number of hydrogen-bond donors (Lipinski definition) is 2. The minimum absolute atomic E-state index is 0.0656. The summed E-state index contributed by atoms with van der Waals surface area (Å²) in [6.45, 7) is 8.08. The molecule has 1 fully saturated rings. The lowest BCUT2D eigenvalue weighted by Crippen LogP contribution is -2.44. The van der Waals surface area contributed by atoms with Gasteiger partial charge < -0.3 is 19.9 Å². The number of benzene rings is 2. The Balaban J connectivity index is 1.59. The molecule has 168 valence electrons. The highest BCUT2D eigenvalue weighted by atomic mass is 32.1. The van der Waals surface area contributed by atoms with Crippen LogP contribution in [0.5, 0.6) is 0 Å². The fourth-order valence-corrected chi connectivity index (χ4v) is 4.73. The average molecular weight is 450 g/mol. The summed E-state index contributed by atoms with van der Waals surface area (Å²) in [6, 6.07) is 16.5. The van der Waals surface area contributed by atoms with E-state index in [2.05, 4.69) is 53.3 Å². The Labute approximate surface area is 194 Å². The summed E-state index contributed by atoms with van der Waals surface area (Å²) >= 11 is 5.81. The molecule has 5 nitrogen and oxygen atoms in total. The van der Waals surface area contributed by atoms with Gasteiger partial charge in [0.1, 0.15) is 0 Å². The summed E-state index contributed by atoms with van der Waals surface area (Å²) in [5.41, 5.74) is 4.96. The molecule has 1 aliphatic rings. The fourth-order valence-electron chi connectivity index (χ4n) is 4.41. The second kappa shape index (κ2) is 9.84. The van der Waals surface area contributed by atoms with Crippen molar-refractivity contribution in [3.05, 3.63) is 81.1 Å². The smallest absolute Gasteiger partial charge is 0.253 e. The summed E-state index contributed by atoms with van der Waals surface area (Å²) in [5.74, 6) is 0. The highest BCUT2D eigenvalue weighted by Crippen LogP contribution is 2.20. The Morgan fingerprint density at radius 1 is 1.25 bits per heavy atom. The Morgan fingerprint density at radius 3 is 2.75 bits per heavy atom. The summed E-state index contributed by atoms with van der Waals surface area (Å²) < 4.78 is 5.88. The van der Waals surface area contributed by atoms with Crippen molar-refractivity contribution >= 4 is 28.2 Å². The molecule has 2 heterocycles. The van der Waals surface area contributed by atoms with E-state index in [9.17, 15) is 4.79 Å². The van der Waals surface area contributed by atoms with E-state index in [4.69, 9.17) is 17.0 Å². The van der Waals surface area contributed by atoms with Gasteiger partial charge >= 0.3 is 0 Å². The minimum atomic E-state index is -0.0688. The Hall–Kier alpha value is -2.70. The van der Waals surface area contributed by atoms with Crippen molar-refractivity contribution in [2.24, 2.45) is 0 Å². The molecule has 6 heteroatoms. The SMILES string of the molecule is Cc1cc(C)c2[nH]c(=O)c(CN(C[C@@H]3CCCO3)C(=S)N[C@@H](C)c3ccccc3)cc2c1. The van der Waals surface area contributed by atoms with E-state index in [0.29, 0.717) is 23.8 Å². The lowest BCUT2D eigenvalue weighted by Gasteiger charge is -2.30. The maximum Gasteiger partial charge on any atom is 0.253 e. The lowest BCUT2D eigenvalue weighted by molar-refractivity contribution is 0.0895. The van der Waals surface area contributed by atoms with Crippen LogP contribution >= 0.6 is 12.2 Å². The standard InChI is InChI=1S/C26H31N3O2S/c1-17-12-18(2)24-21(13-17)14-22(25(30)28-24)15-29(16-23-10-7-11-31-23)26(32)27-19(3)20-8-5-4-6-9-20/h4-6,8-9,12-14,19,23H,7,10-11,15-16H2,1-3H3,(H,27,32)(H,28,30)/t19-,23-/m0/s1. The quantitative estimate of drug-likeness (QED) is 0.532. The molecule has 0 bridgehead atoms. The first-order chi connectivity index (χ1) is 15.4. The van der Waals surface area contributed by atoms with Crippen LogP contribution < -0.4 is 10.9 Å². The van der Waals surface area contributed by atoms with E-state index < -0.39 is 0 Å². The van der Waals surface area contributed by atoms with E-state index in [1.54, 1.807) is 0 Å². The highest BCUT2D eigenvalue weighted by Gasteiger charge is 2.23. The predicted octanol–water partition coefficient (Wildman–Crippen LogP) is 4.76. The van der Waals surface area contributed by atoms with Gasteiger partial charge in [-0.15, -0.1) is 0 Å². The van der Waals surface area contributed by atoms with E-state index >= 15 is 0 Å². The van der Waals surface area contributed by atoms with Crippen molar-refractivity contribution < 1.29 is 4.74 Å². The molecule has 0 radical (unpaired) electrons. The lowest BCUT2D eigenvalue weighted by atomic mass is 10.0. The predicted molar refractivity (Wildman–Crippen MR) is 134 cm³/mol. The van der Waals surface area contributed by atoms with Gasteiger partial charge in [-0.25, -0.2) is 0 Å². The molecule has 1 saturated heterocycles. The van der Waals surface area contributed by atoms with E-state index in [0.717, 1.165) is 35.9 Å². The van der Waals surface area contributed by atoms with Crippen molar-refractivity contribution in [2.45, 2.75) is 52.3 Å². The largest absolute Gasteiger partial charge is 0.376 e. The van der Waals surface area contributed by atoms with E-state index in [1.807, 2.05) is 31.2 Å². The van der Waals surface area contributed by atoms with Gasteiger partial charge in [-0.1, -0.05) is 42.0 Å². The number of aryl methyl sites for hydroxylation is 2. The van der Waals surface area contributed by atoms with Crippen molar-refractivity contribution in [3.8, 4) is 0 Å². The summed E-state index contributed by atoms with van der Waals surface area (Å²) in [5, 5.41) is 5.14. The van der Waals surface area contributed by atoms with Crippen LogP contribution in [0.3, 0.4) is 0 Å². The molecule has 3 aromatic rings. The molecule has 2 atom stereocenters. The number of rotatable bonds is 6. The van der Waals surface area contributed by atoms with E-state index in [1.165, 1.54) is 11.1 Å². The van der Waals surface area contributed by atoms with Gasteiger partial charge in [-0.2, -0.15) is 0 Å². The molecule has 0 amide bonds. The van der Waals surface area contributed by atoms with Gasteiger partial charge in [0.05, 0.1) is 24.2 Å². The van der Waals surface area contributed by atoms with Gasteiger partial charge in [0.15, 0.2) is 5.11 Å². The molecule has 1 aliphatic heterocycles. The van der Waals surface area contributed by atoms with Gasteiger partial charge in [0.2, 0.25) is 0 Å². The number of aromatic nitrogens is 1. The van der Waals surface area contributed by atoms with Crippen LogP contribution in [-0.4, -0.2) is 34.3 Å². The zero-order valence-corrected chi connectivity index (χ0v) is 19.8. The number of H-pyrrole nitrogens is 1. The second-order valence-corrected chi connectivity index (χ2v) is 9.15. The Bertz CT molecular complexity index is 1150.